The van der Waals surface area contributed by atoms with E-state index in [0.29, 0.717) is 10.7 Å². The van der Waals surface area contributed by atoms with Crippen molar-refractivity contribution >= 4 is 34.8 Å². The van der Waals surface area contributed by atoms with Crippen LogP contribution in [0.4, 0.5) is 5.69 Å². The number of benzene rings is 2. The van der Waals surface area contributed by atoms with Gasteiger partial charge in [0.05, 0.1) is 12.0 Å². The molecule has 6 nitrogen and oxygen atoms in total. The number of para-hydroxylation sites is 1. The van der Waals surface area contributed by atoms with E-state index in [1.165, 1.54) is 18.2 Å². The van der Waals surface area contributed by atoms with Gasteiger partial charge in [-0.3, -0.25) is 9.59 Å². The van der Waals surface area contributed by atoms with E-state index in [1.807, 2.05) is 31.2 Å². The fraction of sp³-hybridized carbons (Fsp3) is 0.211. The van der Waals surface area contributed by atoms with Gasteiger partial charge in [0.2, 0.25) is 5.91 Å². The van der Waals surface area contributed by atoms with Crippen LogP contribution in [0, 0.1) is 0 Å². The van der Waals surface area contributed by atoms with Gasteiger partial charge in [-0.15, -0.1) is 0 Å². The first-order valence-corrected chi connectivity index (χ1v) is 8.48. The number of phenols is 1. The maximum Gasteiger partial charge on any atom is 0.275 e. The summed E-state index contributed by atoms with van der Waals surface area (Å²) in [5.74, 6) is -1.04. The first kappa shape index (κ1) is 19.5. The van der Waals surface area contributed by atoms with Crippen LogP contribution >= 0.6 is 11.6 Å². The molecule has 136 valence electrons. The highest BCUT2D eigenvalue weighted by Crippen LogP contribution is 2.21. The summed E-state index contributed by atoms with van der Waals surface area (Å²) in [6.07, 6.45) is 0.836. The minimum Gasteiger partial charge on any atom is -0.507 e. The molecule has 0 saturated heterocycles. The second-order valence-electron chi connectivity index (χ2n) is 5.69. The molecule has 0 aromatic heterocycles. The lowest BCUT2D eigenvalue weighted by Gasteiger charge is -2.09. The Hall–Kier alpha value is -2.86. The molecular weight excluding hydrogens is 354 g/mol. The zero-order chi connectivity index (χ0) is 19.1. The highest BCUT2D eigenvalue weighted by Gasteiger charge is 2.12. The van der Waals surface area contributed by atoms with Gasteiger partial charge in [0, 0.05) is 16.4 Å². The van der Waals surface area contributed by atoms with E-state index in [0.717, 1.165) is 17.7 Å². The third kappa shape index (κ3) is 5.32. The summed E-state index contributed by atoms with van der Waals surface area (Å²) in [5.41, 5.74) is 4.55. The number of hydrazone groups is 1. The predicted octanol–water partition coefficient (Wildman–Crippen LogP) is 3.74. The number of anilines is 1. The number of hydrogen-bond donors (Lipinski definition) is 3. The molecule has 0 aliphatic heterocycles. The van der Waals surface area contributed by atoms with Crippen molar-refractivity contribution < 1.29 is 14.7 Å². The minimum absolute atomic E-state index is 0.00961. The van der Waals surface area contributed by atoms with E-state index in [2.05, 4.69) is 15.8 Å². The molecule has 0 fully saturated rings. The summed E-state index contributed by atoms with van der Waals surface area (Å²) in [7, 11) is 0. The van der Waals surface area contributed by atoms with Crippen LogP contribution in [0.5, 0.6) is 5.75 Å². The van der Waals surface area contributed by atoms with E-state index in [-0.39, 0.29) is 23.6 Å². The van der Waals surface area contributed by atoms with E-state index >= 15 is 0 Å². The summed E-state index contributed by atoms with van der Waals surface area (Å²) < 4.78 is 0. The van der Waals surface area contributed by atoms with E-state index in [9.17, 15) is 14.7 Å². The van der Waals surface area contributed by atoms with Gasteiger partial charge in [-0.25, -0.2) is 5.43 Å². The van der Waals surface area contributed by atoms with Gasteiger partial charge < -0.3 is 10.4 Å². The molecule has 2 aromatic rings. The number of carbonyl (C=O) groups is 2. The average Bonchev–Trinajstić information content (AvgIpc) is 2.62. The Labute approximate surface area is 156 Å². The number of rotatable bonds is 6. The van der Waals surface area contributed by atoms with Gasteiger partial charge in [-0.1, -0.05) is 36.7 Å². The Morgan fingerprint density at radius 1 is 1.19 bits per heavy atom. The zero-order valence-electron chi connectivity index (χ0n) is 14.5. The number of carbonyl (C=O) groups excluding carboxylic acids is 2. The number of halogens is 1. The van der Waals surface area contributed by atoms with Crippen LogP contribution in [-0.2, 0) is 11.2 Å². The minimum atomic E-state index is -0.610. The predicted molar refractivity (Wildman–Crippen MR) is 103 cm³/mol. The second-order valence-corrected chi connectivity index (χ2v) is 6.12. The fourth-order valence-electron chi connectivity index (χ4n) is 2.31. The van der Waals surface area contributed by atoms with Crippen molar-refractivity contribution in [3.05, 3.63) is 58.6 Å². The molecule has 2 amide bonds. The van der Waals surface area contributed by atoms with Crippen LogP contribution in [0.3, 0.4) is 0 Å². The van der Waals surface area contributed by atoms with Crippen LogP contribution in [0.2, 0.25) is 5.02 Å². The van der Waals surface area contributed by atoms with Crippen LogP contribution in [-0.4, -0.2) is 22.6 Å². The number of phenolic OH excluding ortho intramolecular Hbond substituents is 1. The number of nitrogens with zero attached hydrogens (tertiary/aromatic N) is 1. The Morgan fingerprint density at radius 2 is 1.92 bits per heavy atom. The summed E-state index contributed by atoms with van der Waals surface area (Å²) in [4.78, 5) is 24.2. The molecule has 0 saturated carbocycles. The Morgan fingerprint density at radius 3 is 2.65 bits per heavy atom. The van der Waals surface area contributed by atoms with Gasteiger partial charge in [-0.05, 0) is 43.2 Å². The largest absolute Gasteiger partial charge is 0.507 e. The number of aryl methyl sites for hydroxylation is 1. The molecule has 7 heteroatoms. The molecule has 0 spiro atoms. The van der Waals surface area contributed by atoms with Crippen molar-refractivity contribution in [2.45, 2.75) is 26.7 Å². The lowest BCUT2D eigenvalue weighted by Crippen LogP contribution is -2.21. The second kappa shape index (κ2) is 9.01. The lowest BCUT2D eigenvalue weighted by molar-refractivity contribution is -0.115. The molecule has 0 aliphatic rings. The first-order chi connectivity index (χ1) is 12.4. The summed E-state index contributed by atoms with van der Waals surface area (Å²) >= 11 is 5.81. The average molecular weight is 374 g/mol. The van der Waals surface area contributed by atoms with Crippen LogP contribution in [0.15, 0.2) is 47.6 Å². The maximum atomic E-state index is 12.1. The molecule has 3 N–H and O–H groups in total. The third-order valence-electron chi connectivity index (χ3n) is 3.64. The fourth-order valence-corrected chi connectivity index (χ4v) is 2.49. The molecule has 26 heavy (non-hydrogen) atoms. The van der Waals surface area contributed by atoms with Gasteiger partial charge in [0.1, 0.15) is 5.75 Å². The monoisotopic (exact) mass is 373 g/mol. The highest BCUT2D eigenvalue weighted by molar-refractivity contribution is 6.31. The van der Waals surface area contributed by atoms with E-state index in [4.69, 9.17) is 11.6 Å². The molecule has 0 radical (unpaired) electrons. The summed E-state index contributed by atoms with van der Waals surface area (Å²) in [6.45, 7) is 3.64. The first-order valence-electron chi connectivity index (χ1n) is 8.10. The smallest absolute Gasteiger partial charge is 0.275 e. The topological polar surface area (TPSA) is 90.8 Å². The van der Waals surface area contributed by atoms with Gasteiger partial charge in [-0.2, -0.15) is 5.10 Å². The van der Waals surface area contributed by atoms with Crippen LogP contribution < -0.4 is 10.7 Å². The van der Waals surface area contributed by atoms with Crippen molar-refractivity contribution in [3.8, 4) is 5.75 Å². The molecule has 0 atom stereocenters. The molecule has 0 aliphatic carbocycles. The Kier molecular flexibility index (Phi) is 6.74. The van der Waals surface area contributed by atoms with Crippen molar-refractivity contribution in [1.29, 1.82) is 0 Å². The van der Waals surface area contributed by atoms with Crippen LogP contribution in [0.1, 0.15) is 36.2 Å². The van der Waals surface area contributed by atoms with Crippen molar-refractivity contribution in [1.82, 2.24) is 5.43 Å². The Bertz CT molecular complexity index is 850. The van der Waals surface area contributed by atoms with Crippen molar-refractivity contribution in [2.75, 3.05) is 5.32 Å². The maximum absolute atomic E-state index is 12.1. The van der Waals surface area contributed by atoms with Gasteiger partial charge in [0.15, 0.2) is 0 Å². The summed E-state index contributed by atoms with van der Waals surface area (Å²) in [6, 6.07) is 11.7. The van der Waals surface area contributed by atoms with Crippen molar-refractivity contribution in [2.24, 2.45) is 5.10 Å². The normalized spacial score (nSPS) is 11.1. The quantitative estimate of drug-likeness (QED) is 0.532. The number of hydrogen-bond acceptors (Lipinski definition) is 4. The van der Waals surface area contributed by atoms with Gasteiger partial charge in [0.25, 0.3) is 5.91 Å². The number of nitrogens with one attached hydrogen (secondary N) is 2. The molecule has 2 rings (SSSR count). The summed E-state index contributed by atoms with van der Waals surface area (Å²) in [5, 5.41) is 16.8. The van der Waals surface area contributed by atoms with Gasteiger partial charge >= 0.3 is 0 Å². The molecule has 2 aromatic carbocycles. The van der Waals surface area contributed by atoms with E-state index < -0.39 is 5.91 Å². The Balaban J connectivity index is 1.96. The highest BCUT2D eigenvalue weighted by atomic mass is 35.5. The molecular formula is C19H20ClN3O3. The van der Waals surface area contributed by atoms with Crippen molar-refractivity contribution in [3.63, 3.8) is 0 Å². The standard InChI is InChI=1S/C19H20ClN3O3/c1-3-13-6-4-5-7-16(13)21-18(25)10-12(2)22-23-19(26)15-11-14(20)8-9-17(15)24/h4-9,11,24H,3,10H2,1-2H3,(H,21,25)(H,23,26)/b22-12+. The SMILES string of the molecule is CCc1ccccc1NC(=O)C/C(C)=N/NC(=O)c1cc(Cl)ccc1O. The molecule has 0 heterocycles. The molecule has 0 bridgehead atoms. The molecule has 0 unspecified atom stereocenters. The van der Waals surface area contributed by atoms with Crippen LogP contribution in [0.25, 0.3) is 0 Å². The van der Waals surface area contributed by atoms with E-state index in [1.54, 1.807) is 6.92 Å². The zero-order valence-corrected chi connectivity index (χ0v) is 15.3. The number of aromatic hydroxyl groups is 1. The third-order valence-corrected chi connectivity index (χ3v) is 3.88. The lowest BCUT2D eigenvalue weighted by atomic mass is 10.1. The number of amides is 2.